The summed E-state index contributed by atoms with van der Waals surface area (Å²) in [6.07, 6.45) is 4.40. The first-order valence-corrected chi connectivity index (χ1v) is 5.02. The molecule has 0 aromatic rings. The highest BCUT2D eigenvalue weighted by molar-refractivity contribution is 5.69. The van der Waals surface area contributed by atoms with Gasteiger partial charge in [0.1, 0.15) is 0 Å². The van der Waals surface area contributed by atoms with Crippen LogP contribution in [0.25, 0.3) is 0 Å². The van der Waals surface area contributed by atoms with Crippen molar-refractivity contribution in [2.45, 2.75) is 45.1 Å². The van der Waals surface area contributed by atoms with Gasteiger partial charge in [0.2, 0.25) is 0 Å². The van der Waals surface area contributed by atoms with E-state index in [2.05, 4.69) is 0 Å². The van der Waals surface area contributed by atoms with Gasteiger partial charge in [0.25, 0.3) is 0 Å². The lowest BCUT2D eigenvalue weighted by atomic mass is 9.81. The van der Waals surface area contributed by atoms with Crippen LogP contribution < -0.4 is 0 Å². The maximum atomic E-state index is 10.6. The number of aliphatic hydroxyl groups is 1. The molecule has 1 aliphatic carbocycles. The number of aliphatic carboxylic acids is 1. The molecule has 1 rings (SSSR count). The Hall–Kier alpha value is -0.570. The van der Waals surface area contributed by atoms with E-state index in [9.17, 15) is 9.90 Å². The zero-order valence-corrected chi connectivity index (χ0v) is 8.07. The van der Waals surface area contributed by atoms with Gasteiger partial charge in [-0.3, -0.25) is 4.79 Å². The van der Waals surface area contributed by atoms with Crippen molar-refractivity contribution in [1.82, 2.24) is 0 Å². The monoisotopic (exact) mass is 186 g/mol. The van der Waals surface area contributed by atoms with Crippen LogP contribution >= 0.6 is 0 Å². The maximum Gasteiger partial charge on any atom is 0.306 e. The second-order valence-electron chi connectivity index (χ2n) is 4.09. The van der Waals surface area contributed by atoms with Crippen LogP contribution in [0.2, 0.25) is 0 Å². The molecule has 0 aliphatic heterocycles. The Bertz CT molecular complexity index is 179. The lowest BCUT2D eigenvalue weighted by Gasteiger charge is -2.28. The van der Waals surface area contributed by atoms with Crippen LogP contribution in [-0.2, 0) is 4.79 Å². The van der Waals surface area contributed by atoms with Gasteiger partial charge in [-0.15, -0.1) is 0 Å². The zero-order chi connectivity index (χ0) is 9.84. The molecule has 3 heteroatoms. The molecule has 1 aliphatic rings. The Morgan fingerprint density at radius 3 is 2.62 bits per heavy atom. The second-order valence-corrected chi connectivity index (χ2v) is 4.09. The van der Waals surface area contributed by atoms with Gasteiger partial charge in [0.15, 0.2) is 0 Å². The van der Waals surface area contributed by atoms with Crippen molar-refractivity contribution in [3.63, 3.8) is 0 Å². The summed E-state index contributed by atoms with van der Waals surface area (Å²) in [5.41, 5.74) is 0. The van der Waals surface area contributed by atoms with Crippen LogP contribution in [0, 0.1) is 11.8 Å². The topological polar surface area (TPSA) is 57.5 Å². The van der Waals surface area contributed by atoms with E-state index in [4.69, 9.17) is 5.11 Å². The molecular weight excluding hydrogens is 168 g/mol. The van der Waals surface area contributed by atoms with E-state index in [1.165, 1.54) is 0 Å². The van der Waals surface area contributed by atoms with Gasteiger partial charge in [0, 0.05) is 0 Å². The first-order chi connectivity index (χ1) is 6.11. The number of hydrogen-bond acceptors (Lipinski definition) is 2. The third kappa shape index (κ3) is 2.99. The van der Waals surface area contributed by atoms with Crippen LogP contribution in [0.4, 0.5) is 0 Å². The first-order valence-electron chi connectivity index (χ1n) is 5.02. The predicted molar refractivity (Wildman–Crippen MR) is 49.4 cm³/mol. The molecule has 0 spiro atoms. The van der Waals surface area contributed by atoms with E-state index in [1.807, 2.05) is 0 Å². The number of rotatable bonds is 3. The van der Waals surface area contributed by atoms with Gasteiger partial charge in [-0.2, -0.15) is 0 Å². The normalized spacial score (nSPS) is 31.2. The number of aliphatic hydroxyl groups excluding tert-OH is 1. The van der Waals surface area contributed by atoms with E-state index in [1.54, 1.807) is 6.92 Å². The number of carbonyl (C=O) groups is 1. The number of carboxylic acid groups (broad SMARTS) is 1. The lowest BCUT2D eigenvalue weighted by molar-refractivity contribution is -0.142. The van der Waals surface area contributed by atoms with Crippen molar-refractivity contribution in [3.05, 3.63) is 0 Å². The minimum Gasteiger partial charge on any atom is -0.481 e. The molecule has 76 valence electrons. The molecule has 0 bridgehead atoms. The van der Waals surface area contributed by atoms with E-state index in [0.29, 0.717) is 6.42 Å². The molecule has 0 heterocycles. The standard InChI is InChI=1S/C10H18O3/c1-7(10(12)13)6-8-4-2-3-5-9(8)11/h7-9,11H,2-6H2,1H3,(H,12,13). The van der Waals surface area contributed by atoms with Gasteiger partial charge in [-0.1, -0.05) is 19.8 Å². The van der Waals surface area contributed by atoms with E-state index < -0.39 is 5.97 Å². The summed E-state index contributed by atoms with van der Waals surface area (Å²) in [5, 5.41) is 18.3. The van der Waals surface area contributed by atoms with Crippen molar-refractivity contribution in [2.24, 2.45) is 11.8 Å². The molecule has 1 saturated carbocycles. The minimum absolute atomic E-state index is 0.208. The Labute approximate surface area is 78.8 Å². The fraction of sp³-hybridized carbons (Fsp3) is 0.900. The quantitative estimate of drug-likeness (QED) is 0.704. The molecule has 0 aromatic heterocycles. The van der Waals surface area contributed by atoms with Crippen molar-refractivity contribution < 1.29 is 15.0 Å². The average molecular weight is 186 g/mol. The van der Waals surface area contributed by atoms with Crippen molar-refractivity contribution in [3.8, 4) is 0 Å². The highest BCUT2D eigenvalue weighted by atomic mass is 16.4. The van der Waals surface area contributed by atoms with Crippen LogP contribution in [0.15, 0.2) is 0 Å². The molecule has 3 atom stereocenters. The summed E-state index contributed by atoms with van der Waals surface area (Å²) in [6, 6.07) is 0. The molecule has 0 saturated heterocycles. The molecule has 2 N–H and O–H groups in total. The summed E-state index contributed by atoms with van der Waals surface area (Å²) in [5.74, 6) is -0.865. The van der Waals surface area contributed by atoms with Crippen LogP contribution in [-0.4, -0.2) is 22.3 Å². The zero-order valence-electron chi connectivity index (χ0n) is 8.07. The molecular formula is C10H18O3. The summed E-state index contributed by atoms with van der Waals surface area (Å²) < 4.78 is 0. The van der Waals surface area contributed by atoms with Gasteiger partial charge in [0.05, 0.1) is 12.0 Å². The third-order valence-corrected chi connectivity index (χ3v) is 2.95. The highest BCUT2D eigenvalue weighted by Gasteiger charge is 2.26. The highest BCUT2D eigenvalue weighted by Crippen LogP contribution is 2.29. The second kappa shape index (κ2) is 4.61. The minimum atomic E-state index is -0.752. The molecule has 0 aromatic carbocycles. The van der Waals surface area contributed by atoms with Crippen molar-refractivity contribution in [1.29, 1.82) is 0 Å². The fourth-order valence-corrected chi connectivity index (χ4v) is 2.02. The summed E-state index contributed by atoms with van der Waals surface area (Å²) >= 11 is 0. The SMILES string of the molecule is CC(CC1CCCCC1O)C(=O)O. The third-order valence-electron chi connectivity index (χ3n) is 2.95. The van der Waals surface area contributed by atoms with E-state index >= 15 is 0 Å². The smallest absolute Gasteiger partial charge is 0.306 e. The molecule has 13 heavy (non-hydrogen) atoms. The van der Waals surface area contributed by atoms with Crippen LogP contribution in [0.1, 0.15) is 39.0 Å². The van der Waals surface area contributed by atoms with Crippen molar-refractivity contribution in [2.75, 3.05) is 0 Å². The van der Waals surface area contributed by atoms with Gasteiger partial charge in [-0.05, 0) is 25.2 Å². The lowest BCUT2D eigenvalue weighted by Crippen LogP contribution is -2.27. The summed E-state index contributed by atoms with van der Waals surface area (Å²) in [4.78, 5) is 10.6. The number of hydrogen-bond donors (Lipinski definition) is 2. The van der Waals surface area contributed by atoms with Gasteiger partial charge < -0.3 is 10.2 Å². The van der Waals surface area contributed by atoms with Crippen LogP contribution in [0.5, 0.6) is 0 Å². The summed E-state index contributed by atoms with van der Waals surface area (Å²) in [6.45, 7) is 1.71. The first kappa shape index (κ1) is 10.5. The Balaban J connectivity index is 2.37. The summed E-state index contributed by atoms with van der Waals surface area (Å²) in [7, 11) is 0. The predicted octanol–water partition coefficient (Wildman–Crippen LogP) is 1.65. The largest absolute Gasteiger partial charge is 0.481 e. The molecule has 3 nitrogen and oxygen atoms in total. The fourth-order valence-electron chi connectivity index (χ4n) is 2.02. The van der Waals surface area contributed by atoms with E-state index in [-0.39, 0.29) is 17.9 Å². The Kier molecular flexibility index (Phi) is 3.72. The van der Waals surface area contributed by atoms with Crippen LogP contribution in [0.3, 0.4) is 0 Å². The number of carboxylic acids is 1. The van der Waals surface area contributed by atoms with Gasteiger partial charge in [-0.25, -0.2) is 0 Å². The average Bonchev–Trinajstić information content (AvgIpc) is 2.08. The molecule has 0 radical (unpaired) electrons. The Morgan fingerprint density at radius 2 is 2.08 bits per heavy atom. The molecule has 3 unspecified atom stereocenters. The molecule has 1 fully saturated rings. The van der Waals surface area contributed by atoms with E-state index in [0.717, 1.165) is 25.7 Å². The molecule has 0 amide bonds. The van der Waals surface area contributed by atoms with Crippen molar-refractivity contribution >= 4 is 5.97 Å². The Morgan fingerprint density at radius 1 is 1.46 bits per heavy atom. The van der Waals surface area contributed by atoms with Gasteiger partial charge >= 0.3 is 5.97 Å². The maximum absolute atomic E-state index is 10.6.